The molecule has 1 amide bonds. The van der Waals surface area contributed by atoms with Gasteiger partial charge in [-0.15, -0.1) is 0 Å². The van der Waals surface area contributed by atoms with Crippen LogP contribution in [0.15, 0.2) is 22.8 Å². The number of carbonyl (C=O) groups is 1. The Morgan fingerprint density at radius 2 is 2.23 bits per heavy atom. The van der Waals surface area contributed by atoms with E-state index in [0.717, 1.165) is 23.1 Å². The topological polar surface area (TPSA) is 56.0 Å². The lowest BCUT2D eigenvalue weighted by molar-refractivity contribution is -0.120. The first kappa shape index (κ1) is 8.69. The smallest absolute Gasteiger partial charge is 0.229 e. The molecule has 1 aliphatic carbocycles. The molecule has 4 heteroatoms. The highest BCUT2D eigenvalue weighted by Gasteiger charge is 2.51. The van der Waals surface area contributed by atoms with Crippen LogP contribution in [0.25, 0.3) is 0 Å². The molecule has 1 aliphatic rings. The van der Waals surface area contributed by atoms with Crippen molar-refractivity contribution < 1.29 is 4.79 Å². The lowest BCUT2D eigenvalue weighted by Crippen LogP contribution is -2.29. The monoisotopic (exact) mass is 240 g/mol. The largest absolute Gasteiger partial charge is 0.369 e. The van der Waals surface area contributed by atoms with Crippen molar-refractivity contribution in [3.05, 3.63) is 28.5 Å². The molecule has 1 heterocycles. The molecular formula is C9H9BrN2O. The quantitative estimate of drug-likeness (QED) is 0.795. The van der Waals surface area contributed by atoms with E-state index in [0.29, 0.717) is 0 Å². The van der Waals surface area contributed by atoms with Gasteiger partial charge in [-0.3, -0.25) is 4.79 Å². The Kier molecular flexibility index (Phi) is 1.87. The summed E-state index contributed by atoms with van der Waals surface area (Å²) < 4.78 is 0.748. The Bertz CT molecular complexity index is 360. The molecule has 1 aromatic heterocycles. The third-order valence-electron chi connectivity index (χ3n) is 2.43. The standard InChI is InChI=1S/C9H9BrN2O/c10-7-3-1-2-6(12-7)9(4-5-9)8(11)13/h1-3H,4-5H2,(H2,11,13). The zero-order valence-electron chi connectivity index (χ0n) is 6.96. The minimum atomic E-state index is -0.468. The van der Waals surface area contributed by atoms with Crippen molar-refractivity contribution in [2.75, 3.05) is 0 Å². The number of pyridine rings is 1. The Labute approximate surface area is 84.5 Å². The second-order valence-corrected chi connectivity index (χ2v) is 4.10. The average Bonchev–Trinajstić information content (AvgIpc) is 2.83. The zero-order chi connectivity index (χ0) is 9.47. The fourth-order valence-corrected chi connectivity index (χ4v) is 1.77. The molecule has 0 radical (unpaired) electrons. The van der Waals surface area contributed by atoms with Crippen LogP contribution in [-0.2, 0) is 10.2 Å². The number of rotatable bonds is 2. The molecule has 1 aromatic rings. The van der Waals surface area contributed by atoms with Crippen LogP contribution in [0.5, 0.6) is 0 Å². The minimum absolute atomic E-state index is 0.266. The van der Waals surface area contributed by atoms with Crippen molar-refractivity contribution in [2.45, 2.75) is 18.3 Å². The highest BCUT2D eigenvalue weighted by Crippen LogP contribution is 2.47. The van der Waals surface area contributed by atoms with Gasteiger partial charge in [-0.05, 0) is 40.9 Å². The lowest BCUT2D eigenvalue weighted by atomic mass is 10.0. The molecule has 1 fully saturated rings. The maximum atomic E-state index is 11.2. The van der Waals surface area contributed by atoms with Crippen LogP contribution in [0, 0.1) is 0 Å². The molecule has 3 nitrogen and oxygen atoms in total. The summed E-state index contributed by atoms with van der Waals surface area (Å²) in [5.74, 6) is -0.266. The van der Waals surface area contributed by atoms with E-state index in [1.165, 1.54) is 0 Å². The van der Waals surface area contributed by atoms with Gasteiger partial charge in [0.1, 0.15) is 4.60 Å². The van der Waals surface area contributed by atoms with E-state index < -0.39 is 5.41 Å². The van der Waals surface area contributed by atoms with E-state index in [4.69, 9.17) is 5.73 Å². The molecular weight excluding hydrogens is 232 g/mol. The van der Waals surface area contributed by atoms with Crippen LogP contribution in [0.3, 0.4) is 0 Å². The van der Waals surface area contributed by atoms with E-state index in [1.54, 1.807) is 0 Å². The molecule has 13 heavy (non-hydrogen) atoms. The maximum absolute atomic E-state index is 11.2. The molecule has 0 spiro atoms. The van der Waals surface area contributed by atoms with Crippen LogP contribution in [0.4, 0.5) is 0 Å². The second kappa shape index (κ2) is 2.80. The van der Waals surface area contributed by atoms with Gasteiger partial charge in [0.2, 0.25) is 5.91 Å². The Balaban J connectivity index is 2.41. The SMILES string of the molecule is NC(=O)C1(c2cccc(Br)n2)CC1. The summed E-state index contributed by atoms with van der Waals surface area (Å²) in [5, 5.41) is 0. The average molecular weight is 241 g/mol. The minimum Gasteiger partial charge on any atom is -0.369 e. The van der Waals surface area contributed by atoms with Crippen molar-refractivity contribution >= 4 is 21.8 Å². The summed E-state index contributed by atoms with van der Waals surface area (Å²) in [6.45, 7) is 0. The molecule has 2 rings (SSSR count). The van der Waals surface area contributed by atoms with Crippen molar-refractivity contribution in [2.24, 2.45) is 5.73 Å². The number of carbonyl (C=O) groups excluding carboxylic acids is 1. The predicted molar refractivity (Wildman–Crippen MR) is 52.0 cm³/mol. The van der Waals surface area contributed by atoms with Crippen molar-refractivity contribution in [1.82, 2.24) is 4.98 Å². The lowest BCUT2D eigenvalue weighted by Gasteiger charge is -2.09. The second-order valence-electron chi connectivity index (χ2n) is 3.29. The number of halogens is 1. The summed E-state index contributed by atoms with van der Waals surface area (Å²) >= 11 is 3.27. The molecule has 0 aliphatic heterocycles. The summed E-state index contributed by atoms with van der Waals surface area (Å²) in [6, 6.07) is 5.55. The molecule has 0 unspecified atom stereocenters. The number of hydrogen-bond acceptors (Lipinski definition) is 2. The molecule has 0 bridgehead atoms. The van der Waals surface area contributed by atoms with Crippen molar-refractivity contribution in [1.29, 1.82) is 0 Å². The fourth-order valence-electron chi connectivity index (χ4n) is 1.43. The summed E-state index contributed by atoms with van der Waals surface area (Å²) in [5.41, 5.74) is 5.64. The highest BCUT2D eigenvalue weighted by molar-refractivity contribution is 9.10. The van der Waals surface area contributed by atoms with Crippen LogP contribution >= 0.6 is 15.9 Å². The zero-order valence-corrected chi connectivity index (χ0v) is 8.54. The number of primary amides is 1. The van der Waals surface area contributed by atoms with Gasteiger partial charge in [0.15, 0.2) is 0 Å². The van der Waals surface area contributed by atoms with Gasteiger partial charge in [0.25, 0.3) is 0 Å². The molecule has 68 valence electrons. The molecule has 2 N–H and O–H groups in total. The normalized spacial score (nSPS) is 18.2. The Hall–Kier alpha value is -0.900. The van der Waals surface area contributed by atoms with Crippen molar-refractivity contribution in [3.63, 3.8) is 0 Å². The summed E-state index contributed by atoms with van der Waals surface area (Å²) in [6.07, 6.45) is 1.65. The third kappa shape index (κ3) is 1.35. The van der Waals surface area contributed by atoms with Crippen LogP contribution in [0.2, 0.25) is 0 Å². The van der Waals surface area contributed by atoms with E-state index in [1.807, 2.05) is 18.2 Å². The molecule has 1 saturated carbocycles. The Morgan fingerprint density at radius 3 is 2.69 bits per heavy atom. The van der Waals surface area contributed by atoms with Gasteiger partial charge in [-0.1, -0.05) is 6.07 Å². The van der Waals surface area contributed by atoms with E-state index in [2.05, 4.69) is 20.9 Å². The highest BCUT2D eigenvalue weighted by atomic mass is 79.9. The van der Waals surface area contributed by atoms with Gasteiger partial charge in [-0.25, -0.2) is 4.98 Å². The fraction of sp³-hybridized carbons (Fsp3) is 0.333. The van der Waals surface area contributed by atoms with Crippen LogP contribution in [0.1, 0.15) is 18.5 Å². The van der Waals surface area contributed by atoms with Crippen molar-refractivity contribution in [3.8, 4) is 0 Å². The van der Waals surface area contributed by atoms with Gasteiger partial charge < -0.3 is 5.73 Å². The van der Waals surface area contributed by atoms with E-state index in [9.17, 15) is 4.79 Å². The van der Waals surface area contributed by atoms with Gasteiger partial charge >= 0.3 is 0 Å². The molecule has 0 saturated heterocycles. The maximum Gasteiger partial charge on any atom is 0.229 e. The Morgan fingerprint density at radius 1 is 1.54 bits per heavy atom. The first-order chi connectivity index (χ1) is 6.15. The van der Waals surface area contributed by atoms with E-state index in [-0.39, 0.29) is 5.91 Å². The first-order valence-electron chi connectivity index (χ1n) is 4.08. The van der Waals surface area contributed by atoms with Gasteiger partial charge in [-0.2, -0.15) is 0 Å². The number of amides is 1. The molecule has 0 atom stereocenters. The summed E-state index contributed by atoms with van der Waals surface area (Å²) in [7, 11) is 0. The first-order valence-corrected chi connectivity index (χ1v) is 4.87. The summed E-state index contributed by atoms with van der Waals surface area (Å²) in [4.78, 5) is 15.4. The predicted octanol–water partition coefficient (Wildman–Crippen LogP) is 1.36. The number of nitrogens with zero attached hydrogens (tertiary/aromatic N) is 1. The number of aromatic nitrogens is 1. The van der Waals surface area contributed by atoms with E-state index >= 15 is 0 Å². The number of nitrogens with two attached hydrogens (primary N) is 1. The van der Waals surface area contributed by atoms with Gasteiger partial charge in [0, 0.05) is 0 Å². The number of hydrogen-bond donors (Lipinski definition) is 1. The van der Waals surface area contributed by atoms with Crippen LogP contribution < -0.4 is 5.73 Å². The molecule has 0 aromatic carbocycles. The van der Waals surface area contributed by atoms with Crippen LogP contribution in [-0.4, -0.2) is 10.9 Å². The van der Waals surface area contributed by atoms with Gasteiger partial charge in [0.05, 0.1) is 11.1 Å². The third-order valence-corrected chi connectivity index (χ3v) is 2.87.